The lowest BCUT2D eigenvalue weighted by Gasteiger charge is -2.06. The van der Waals surface area contributed by atoms with Crippen LogP contribution in [0.4, 0.5) is 0 Å². The van der Waals surface area contributed by atoms with Crippen molar-refractivity contribution in [3.05, 3.63) is 35.4 Å². The van der Waals surface area contributed by atoms with Crippen molar-refractivity contribution in [1.29, 1.82) is 0 Å². The quantitative estimate of drug-likeness (QED) is 0.452. The van der Waals surface area contributed by atoms with Gasteiger partial charge in [0.15, 0.2) is 0 Å². The number of hydrogen-bond donors (Lipinski definition) is 1. The number of hydrogen-bond acceptors (Lipinski definition) is 1. The molecule has 0 saturated heterocycles. The first-order chi connectivity index (χ1) is 6.81. The first-order valence-electron chi connectivity index (χ1n) is 4.77. The zero-order chi connectivity index (χ0) is 9.97. The van der Waals surface area contributed by atoms with E-state index in [0.29, 0.717) is 11.7 Å². The molecule has 0 heterocycles. The monoisotopic (exact) mass is 208 g/mol. The van der Waals surface area contributed by atoms with Gasteiger partial charge in [-0.1, -0.05) is 24.3 Å². The Morgan fingerprint density at radius 2 is 2.29 bits per heavy atom. The van der Waals surface area contributed by atoms with Crippen LogP contribution in [0.3, 0.4) is 0 Å². The normalized spacial score (nSPS) is 20.9. The molecule has 0 spiro atoms. The summed E-state index contributed by atoms with van der Waals surface area (Å²) >= 11 is 5.60. The number of nitrogens with zero attached hydrogens (tertiary/aromatic N) is 1. The molecule has 2 rings (SSSR count). The van der Waals surface area contributed by atoms with Crippen LogP contribution in [0.2, 0.25) is 0 Å². The number of aliphatic imine (C=N–C) groups is 1. The molecule has 0 bridgehead atoms. The number of benzene rings is 1. The van der Waals surface area contributed by atoms with Gasteiger partial charge in [-0.15, -0.1) is 11.6 Å². The fourth-order valence-electron chi connectivity index (χ4n) is 1.90. The third-order valence-corrected chi connectivity index (χ3v) is 2.83. The average molecular weight is 209 g/mol. The predicted molar refractivity (Wildman–Crippen MR) is 59.8 cm³/mol. The van der Waals surface area contributed by atoms with Crippen molar-refractivity contribution in [1.82, 2.24) is 0 Å². The first-order valence-corrected chi connectivity index (χ1v) is 5.30. The number of nitrogens with two attached hydrogens (primary N) is 1. The maximum absolute atomic E-state index is 5.63. The minimum atomic E-state index is 0.227. The van der Waals surface area contributed by atoms with Gasteiger partial charge in [-0.05, 0) is 24.0 Å². The summed E-state index contributed by atoms with van der Waals surface area (Å²) in [7, 11) is 0. The molecule has 1 aromatic rings. The maximum Gasteiger partial charge on any atom is 0.109 e. The Bertz CT molecular complexity index is 360. The van der Waals surface area contributed by atoms with Crippen LogP contribution in [-0.4, -0.2) is 11.7 Å². The van der Waals surface area contributed by atoms with E-state index in [2.05, 4.69) is 23.2 Å². The summed E-state index contributed by atoms with van der Waals surface area (Å²) in [4.78, 5) is 4.40. The van der Waals surface area contributed by atoms with Gasteiger partial charge in [0.2, 0.25) is 0 Å². The van der Waals surface area contributed by atoms with Gasteiger partial charge < -0.3 is 5.73 Å². The molecule has 2 nitrogen and oxygen atoms in total. The number of halogens is 1. The summed E-state index contributed by atoms with van der Waals surface area (Å²) in [6, 6.07) is 8.61. The predicted octanol–water partition coefficient (Wildman–Crippen LogP) is 2.27. The molecule has 1 aliphatic carbocycles. The minimum absolute atomic E-state index is 0.227. The Kier molecular flexibility index (Phi) is 2.73. The van der Waals surface area contributed by atoms with Crippen molar-refractivity contribution in [2.45, 2.75) is 18.9 Å². The third kappa shape index (κ3) is 1.75. The molecule has 0 aliphatic heterocycles. The van der Waals surface area contributed by atoms with Crippen molar-refractivity contribution in [3.63, 3.8) is 0 Å². The minimum Gasteiger partial charge on any atom is -0.386 e. The molecular weight excluding hydrogens is 196 g/mol. The van der Waals surface area contributed by atoms with Gasteiger partial charge >= 0.3 is 0 Å². The molecule has 0 aromatic heterocycles. The van der Waals surface area contributed by atoms with E-state index >= 15 is 0 Å². The fourth-order valence-corrected chi connectivity index (χ4v) is 1.97. The van der Waals surface area contributed by atoms with E-state index < -0.39 is 0 Å². The summed E-state index contributed by atoms with van der Waals surface area (Å²) < 4.78 is 0. The van der Waals surface area contributed by atoms with Crippen LogP contribution >= 0.6 is 11.6 Å². The largest absolute Gasteiger partial charge is 0.386 e. The molecule has 14 heavy (non-hydrogen) atoms. The fraction of sp³-hybridized carbons (Fsp3) is 0.364. The van der Waals surface area contributed by atoms with Gasteiger partial charge in [0.25, 0.3) is 0 Å². The zero-order valence-electron chi connectivity index (χ0n) is 7.91. The van der Waals surface area contributed by atoms with Crippen molar-refractivity contribution >= 4 is 17.4 Å². The highest BCUT2D eigenvalue weighted by atomic mass is 35.5. The van der Waals surface area contributed by atoms with E-state index in [1.165, 1.54) is 11.1 Å². The van der Waals surface area contributed by atoms with Crippen LogP contribution in [0.25, 0.3) is 0 Å². The van der Waals surface area contributed by atoms with Crippen molar-refractivity contribution in [3.8, 4) is 0 Å². The van der Waals surface area contributed by atoms with Gasteiger partial charge in [0, 0.05) is 0 Å². The van der Waals surface area contributed by atoms with Crippen LogP contribution in [-0.2, 0) is 6.42 Å². The second-order valence-electron chi connectivity index (χ2n) is 3.51. The Hall–Kier alpha value is -1.02. The Balaban J connectivity index is 2.26. The molecule has 74 valence electrons. The summed E-state index contributed by atoms with van der Waals surface area (Å²) in [5, 5.41) is 0. The van der Waals surface area contributed by atoms with Crippen molar-refractivity contribution in [2.75, 3.05) is 5.88 Å². The molecule has 0 fully saturated rings. The first kappa shape index (κ1) is 9.53. The molecule has 3 heteroatoms. The standard InChI is InChI=1S/C11H13ClN2/c12-7-11(13)14-10-6-5-8-3-1-2-4-9(8)10/h1-4,10H,5-7H2,(H2,13,14). The van der Waals surface area contributed by atoms with Crippen molar-refractivity contribution < 1.29 is 0 Å². The Morgan fingerprint density at radius 1 is 1.50 bits per heavy atom. The molecular formula is C11H13ClN2. The molecule has 1 aliphatic rings. The summed E-state index contributed by atoms with van der Waals surface area (Å²) in [6.45, 7) is 0. The average Bonchev–Trinajstić information content (AvgIpc) is 2.62. The molecule has 1 unspecified atom stereocenters. The van der Waals surface area contributed by atoms with Gasteiger partial charge in [-0.3, -0.25) is 4.99 Å². The van der Waals surface area contributed by atoms with Crippen molar-refractivity contribution in [2.24, 2.45) is 10.7 Å². The van der Waals surface area contributed by atoms with Gasteiger partial charge in [-0.25, -0.2) is 0 Å². The third-order valence-electron chi connectivity index (χ3n) is 2.56. The number of aryl methyl sites for hydroxylation is 1. The van der Waals surface area contributed by atoms with Gasteiger partial charge in [0.1, 0.15) is 5.84 Å². The highest BCUT2D eigenvalue weighted by molar-refractivity contribution is 6.28. The van der Waals surface area contributed by atoms with Crippen LogP contribution in [0.1, 0.15) is 23.6 Å². The second-order valence-corrected chi connectivity index (χ2v) is 3.77. The van der Waals surface area contributed by atoms with E-state index in [0.717, 1.165) is 12.8 Å². The molecule has 0 amide bonds. The molecule has 2 N–H and O–H groups in total. The number of rotatable bonds is 2. The number of fused-ring (bicyclic) bond motifs is 1. The van der Waals surface area contributed by atoms with E-state index in [-0.39, 0.29) is 6.04 Å². The lowest BCUT2D eigenvalue weighted by Crippen LogP contribution is -2.14. The lowest BCUT2D eigenvalue weighted by molar-refractivity contribution is 0.714. The molecule has 0 radical (unpaired) electrons. The Labute approximate surface area is 88.8 Å². The topological polar surface area (TPSA) is 38.4 Å². The van der Waals surface area contributed by atoms with E-state index in [9.17, 15) is 0 Å². The van der Waals surface area contributed by atoms with E-state index in [1.807, 2.05) is 6.07 Å². The molecule has 1 aromatic carbocycles. The molecule has 0 saturated carbocycles. The van der Waals surface area contributed by atoms with Crippen LogP contribution in [0.5, 0.6) is 0 Å². The Morgan fingerprint density at radius 3 is 3.07 bits per heavy atom. The van der Waals surface area contributed by atoms with Gasteiger partial charge in [0.05, 0.1) is 11.9 Å². The summed E-state index contributed by atoms with van der Waals surface area (Å²) in [5.74, 6) is 0.854. The van der Waals surface area contributed by atoms with E-state index in [1.54, 1.807) is 0 Å². The summed E-state index contributed by atoms with van der Waals surface area (Å²) in [5.41, 5.74) is 8.33. The summed E-state index contributed by atoms with van der Waals surface area (Å²) in [6.07, 6.45) is 2.15. The number of amidine groups is 1. The maximum atomic E-state index is 5.63. The second kappa shape index (κ2) is 4.01. The van der Waals surface area contributed by atoms with E-state index in [4.69, 9.17) is 17.3 Å². The number of alkyl halides is 1. The van der Waals surface area contributed by atoms with Crippen LogP contribution in [0, 0.1) is 0 Å². The smallest absolute Gasteiger partial charge is 0.109 e. The van der Waals surface area contributed by atoms with Crippen LogP contribution < -0.4 is 5.73 Å². The molecule has 1 atom stereocenters. The highest BCUT2D eigenvalue weighted by Gasteiger charge is 2.20. The highest BCUT2D eigenvalue weighted by Crippen LogP contribution is 2.33. The SMILES string of the molecule is NC(CCl)=NC1CCc2ccccc21. The van der Waals surface area contributed by atoms with Crippen LogP contribution in [0.15, 0.2) is 29.3 Å². The lowest BCUT2D eigenvalue weighted by atomic mass is 10.1. The zero-order valence-corrected chi connectivity index (χ0v) is 8.67. The van der Waals surface area contributed by atoms with Gasteiger partial charge in [-0.2, -0.15) is 0 Å².